The predicted molar refractivity (Wildman–Crippen MR) is 78.0 cm³/mol. The van der Waals surface area contributed by atoms with Crippen molar-refractivity contribution in [1.82, 2.24) is 10.2 Å². The third-order valence-corrected chi connectivity index (χ3v) is 4.34. The molecule has 0 spiro atoms. The third-order valence-electron chi connectivity index (χ3n) is 4.34. The lowest BCUT2D eigenvalue weighted by atomic mass is 10.00. The summed E-state index contributed by atoms with van der Waals surface area (Å²) in [7, 11) is 1.86. The number of benzene rings is 1. The Hall–Kier alpha value is -1.68. The second-order valence-electron chi connectivity index (χ2n) is 5.56. The zero-order valence-electron chi connectivity index (χ0n) is 12.5. The number of hydrogen-bond donors (Lipinski definition) is 1. The zero-order chi connectivity index (χ0) is 14.9. The number of hydrogen-bond acceptors (Lipinski definition) is 3. The molecule has 1 heterocycles. The predicted octanol–water partition coefficient (Wildman–Crippen LogP) is 1.90. The Kier molecular flexibility index (Phi) is 4.23. The molecule has 1 N–H and O–H groups in total. The topological polar surface area (TPSA) is 49.4 Å². The van der Waals surface area contributed by atoms with Gasteiger partial charge in [0, 0.05) is 18.4 Å². The van der Waals surface area contributed by atoms with E-state index < -0.39 is 0 Å². The van der Waals surface area contributed by atoms with Gasteiger partial charge in [0.25, 0.3) is 0 Å². The van der Waals surface area contributed by atoms with Crippen LogP contribution in [0.1, 0.15) is 31.0 Å². The summed E-state index contributed by atoms with van der Waals surface area (Å²) in [5.41, 5.74) is 2.29. The molecule has 1 aromatic carbocycles. The first kappa shape index (κ1) is 14.7. The Balaban J connectivity index is 2.22. The molecule has 0 aromatic heterocycles. The van der Waals surface area contributed by atoms with E-state index in [1.165, 1.54) is 4.90 Å². The number of carbonyl (C=O) groups is 2. The van der Waals surface area contributed by atoms with E-state index >= 15 is 0 Å². The molecule has 3 unspecified atom stereocenters. The molecular weight excluding hydrogens is 252 g/mol. The van der Waals surface area contributed by atoms with E-state index in [0.29, 0.717) is 6.54 Å². The molecule has 1 fully saturated rings. The molecule has 1 aliphatic rings. The van der Waals surface area contributed by atoms with Crippen molar-refractivity contribution in [3.8, 4) is 0 Å². The number of likely N-dealkylation sites (N-methyl/N-ethyl adjacent to an activating group) is 1. The number of rotatable bonds is 4. The Bertz CT molecular complexity index is 507. The van der Waals surface area contributed by atoms with Crippen molar-refractivity contribution in [3.05, 3.63) is 35.4 Å². The number of amides is 2. The zero-order valence-corrected chi connectivity index (χ0v) is 12.5. The van der Waals surface area contributed by atoms with E-state index in [1.807, 2.05) is 52.1 Å². The van der Waals surface area contributed by atoms with E-state index in [9.17, 15) is 9.59 Å². The van der Waals surface area contributed by atoms with Gasteiger partial charge >= 0.3 is 0 Å². The van der Waals surface area contributed by atoms with E-state index in [4.69, 9.17) is 0 Å². The summed E-state index contributed by atoms with van der Waals surface area (Å²) in [6.45, 7) is 6.09. The maximum atomic E-state index is 12.2. The largest absolute Gasteiger partial charge is 0.312 e. The van der Waals surface area contributed by atoms with Crippen LogP contribution in [0.2, 0.25) is 0 Å². The van der Waals surface area contributed by atoms with Crippen molar-refractivity contribution in [2.24, 2.45) is 11.8 Å². The molecule has 2 rings (SSSR count). The van der Waals surface area contributed by atoms with Crippen molar-refractivity contribution in [2.45, 2.75) is 26.8 Å². The van der Waals surface area contributed by atoms with Gasteiger partial charge in [-0.1, -0.05) is 38.1 Å². The minimum absolute atomic E-state index is 0.0263. The molecule has 108 valence electrons. The molecule has 0 bridgehead atoms. The Labute approximate surface area is 120 Å². The van der Waals surface area contributed by atoms with Gasteiger partial charge in [-0.15, -0.1) is 0 Å². The highest BCUT2D eigenvalue weighted by atomic mass is 16.2. The van der Waals surface area contributed by atoms with Crippen molar-refractivity contribution in [1.29, 1.82) is 0 Å². The Morgan fingerprint density at radius 2 is 1.70 bits per heavy atom. The van der Waals surface area contributed by atoms with Crippen LogP contribution in [0.5, 0.6) is 0 Å². The highest BCUT2D eigenvalue weighted by molar-refractivity contribution is 6.04. The van der Waals surface area contributed by atoms with Crippen LogP contribution in [0.4, 0.5) is 0 Å². The second-order valence-corrected chi connectivity index (χ2v) is 5.56. The van der Waals surface area contributed by atoms with Crippen LogP contribution < -0.4 is 5.32 Å². The lowest BCUT2D eigenvalue weighted by Gasteiger charge is -2.24. The fraction of sp³-hybridized carbons (Fsp3) is 0.500. The summed E-state index contributed by atoms with van der Waals surface area (Å²) < 4.78 is 0. The van der Waals surface area contributed by atoms with Gasteiger partial charge in [0.2, 0.25) is 11.8 Å². The van der Waals surface area contributed by atoms with E-state index in [0.717, 1.165) is 11.1 Å². The van der Waals surface area contributed by atoms with Gasteiger partial charge in [-0.3, -0.25) is 14.5 Å². The minimum atomic E-state index is -0.211. The average molecular weight is 274 g/mol. The molecular formula is C16H22N2O2. The molecule has 4 nitrogen and oxygen atoms in total. The molecule has 1 aliphatic heterocycles. The van der Waals surface area contributed by atoms with Gasteiger partial charge in [0.15, 0.2) is 0 Å². The monoisotopic (exact) mass is 274 g/mol. The number of nitrogens with zero attached hydrogens (tertiary/aromatic N) is 1. The van der Waals surface area contributed by atoms with Gasteiger partial charge in [0.1, 0.15) is 0 Å². The lowest BCUT2D eigenvalue weighted by Crippen LogP contribution is -2.38. The van der Waals surface area contributed by atoms with Crippen molar-refractivity contribution >= 4 is 11.8 Å². The molecule has 1 aromatic rings. The quantitative estimate of drug-likeness (QED) is 0.853. The van der Waals surface area contributed by atoms with E-state index in [-0.39, 0.29) is 29.7 Å². The van der Waals surface area contributed by atoms with Crippen LogP contribution in [0.3, 0.4) is 0 Å². The fourth-order valence-corrected chi connectivity index (χ4v) is 2.71. The summed E-state index contributed by atoms with van der Waals surface area (Å²) in [4.78, 5) is 25.7. The smallest absolute Gasteiger partial charge is 0.232 e. The van der Waals surface area contributed by atoms with Crippen LogP contribution in [-0.2, 0) is 9.59 Å². The summed E-state index contributed by atoms with van der Waals surface area (Å²) in [5, 5.41) is 3.21. The number of aryl methyl sites for hydroxylation is 1. The molecule has 0 saturated carbocycles. The van der Waals surface area contributed by atoms with Gasteiger partial charge in [0.05, 0.1) is 6.04 Å². The first-order valence-electron chi connectivity index (χ1n) is 7.05. The van der Waals surface area contributed by atoms with Crippen LogP contribution >= 0.6 is 0 Å². The maximum Gasteiger partial charge on any atom is 0.232 e. The maximum absolute atomic E-state index is 12.2. The SMILES string of the molecule is CNC(CN1C(=O)C(C)C(C)C1=O)c1ccccc1C. The number of carbonyl (C=O) groups excluding carboxylic acids is 2. The standard InChI is InChI=1S/C16H22N2O2/c1-10-7-5-6-8-13(10)14(17-4)9-18-15(19)11(2)12(3)16(18)20/h5-8,11-12,14,17H,9H2,1-4H3. The summed E-state index contributed by atoms with van der Waals surface area (Å²) >= 11 is 0. The van der Waals surface area contributed by atoms with Gasteiger partial charge in [-0.2, -0.15) is 0 Å². The van der Waals surface area contributed by atoms with Gasteiger partial charge in [-0.05, 0) is 25.1 Å². The molecule has 3 atom stereocenters. The number of nitrogens with one attached hydrogen (secondary N) is 1. The van der Waals surface area contributed by atoms with Crippen molar-refractivity contribution < 1.29 is 9.59 Å². The summed E-state index contributed by atoms with van der Waals surface area (Å²) in [5.74, 6) is -0.540. The number of imide groups is 1. The molecule has 4 heteroatoms. The molecule has 0 aliphatic carbocycles. The summed E-state index contributed by atoms with van der Waals surface area (Å²) in [6, 6.07) is 8.02. The van der Waals surface area contributed by atoms with E-state index in [1.54, 1.807) is 0 Å². The third kappa shape index (κ3) is 2.48. The van der Waals surface area contributed by atoms with Crippen LogP contribution in [0.25, 0.3) is 0 Å². The normalized spacial score (nSPS) is 24.3. The number of likely N-dealkylation sites (tertiary alicyclic amines) is 1. The Morgan fingerprint density at radius 3 is 2.20 bits per heavy atom. The van der Waals surface area contributed by atoms with Gasteiger partial charge in [-0.25, -0.2) is 0 Å². The second kappa shape index (κ2) is 5.75. The molecule has 20 heavy (non-hydrogen) atoms. The van der Waals surface area contributed by atoms with E-state index in [2.05, 4.69) is 5.32 Å². The highest BCUT2D eigenvalue weighted by Gasteiger charge is 2.42. The van der Waals surface area contributed by atoms with Crippen LogP contribution in [0, 0.1) is 18.8 Å². The van der Waals surface area contributed by atoms with Crippen molar-refractivity contribution in [3.63, 3.8) is 0 Å². The first-order chi connectivity index (χ1) is 9.47. The van der Waals surface area contributed by atoms with Crippen molar-refractivity contribution in [2.75, 3.05) is 13.6 Å². The molecule has 1 saturated heterocycles. The lowest BCUT2D eigenvalue weighted by molar-refractivity contribution is -0.140. The van der Waals surface area contributed by atoms with Crippen LogP contribution in [-0.4, -0.2) is 30.3 Å². The highest BCUT2D eigenvalue weighted by Crippen LogP contribution is 2.28. The Morgan fingerprint density at radius 1 is 1.15 bits per heavy atom. The van der Waals surface area contributed by atoms with Gasteiger partial charge < -0.3 is 5.32 Å². The average Bonchev–Trinajstić information content (AvgIpc) is 2.63. The van der Waals surface area contributed by atoms with Crippen LogP contribution in [0.15, 0.2) is 24.3 Å². The fourth-order valence-electron chi connectivity index (χ4n) is 2.71. The molecule has 0 radical (unpaired) electrons. The first-order valence-corrected chi connectivity index (χ1v) is 7.05. The summed E-state index contributed by atoms with van der Waals surface area (Å²) in [6.07, 6.45) is 0. The minimum Gasteiger partial charge on any atom is -0.312 e. The molecule has 2 amide bonds.